The number of H-pyrrole nitrogens is 1. The number of thiophene rings is 1. The van der Waals surface area contributed by atoms with Gasteiger partial charge in [-0.15, -0.1) is 23.1 Å². The number of aromatic amines is 1. The van der Waals surface area contributed by atoms with E-state index in [1.807, 2.05) is 32.0 Å². The van der Waals surface area contributed by atoms with E-state index in [2.05, 4.69) is 15.3 Å². The lowest BCUT2D eigenvalue weighted by Crippen LogP contribution is -2.16. The molecule has 1 amide bonds. The van der Waals surface area contributed by atoms with Gasteiger partial charge in [-0.2, -0.15) is 0 Å². The lowest BCUT2D eigenvalue weighted by atomic mass is 9.97. The van der Waals surface area contributed by atoms with Crippen LogP contribution in [0.15, 0.2) is 23.0 Å². The number of carbonyl (C=O) groups excluding carboxylic acids is 1. The van der Waals surface area contributed by atoms with Gasteiger partial charge in [0.05, 0.1) is 16.9 Å². The number of fused-ring (bicyclic) bond motifs is 3. The van der Waals surface area contributed by atoms with Crippen molar-refractivity contribution in [2.24, 2.45) is 0 Å². The predicted octanol–water partition coefficient (Wildman–Crippen LogP) is 4.35. The summed E-state index contributed by atoms with van der Waals surface area (Å²) in [5.74, 6) is 1.42. The topological polar surface area (TPSA) is 74.8 Å². The van der Waals surface area contributed by atoms with Gasteiger partial charge in [-0.1, -0.05) is 12.1 Å². The Bertz CT molecular complexity index is 1100. The SMILES string of the molecule is Cc1ccc(C)c(NC(=O)CSCc2nc3sc4c(c3c(=O)[nH]2)CCCC4)c1. The number of rotatable bonds is 5. The summed E-state index contributed by atoms with van der Waals surface area (Å²) in [6, 6.07) is 6.01. The molecule has 0 saturated carbocycles. The number of nitrogens with one attached hydrogen (secondary N) is 2. The number of benzene rings is 1. The Kier molecular flexibility index (Phi) is 5.55. The number of carbonyl (C=O) groups is 1. The molecule has 0 aliphatic heterocycles. The summed E-state index contributed by atoms with van der Waals surface area (Å²) in [5.41, 5.74) is 4.17. The Balaban J connectivity index is 1.41. The van der Waals surface area contributed by atoms with Crippen molar-refractivity contribution in [3.8, 4) is 0 Å². The van der Waals surface area contributed by atoms with Gasteiger partial charge in [-0.05, 0) is 62.3 Å². The van der Waals surface area contributed by atoms with E-state index in [4.69, 9.17) is 0 Å². The van der Waals surface area contributed by atoms with Crippen molar-refractivity contribution < 1.29 is 4.79 Å². The van der Waals surface area contributed by atoms with Crippen LogP contribution in [-0.4, -0.2) is 21.6 Å². The van der Waals surface area contributed by atoms with Gasteiger partial charge < -0.3 is 10.3 Å². The highest BCUT2D eigenvalue weighted by Crippen LogP contribution is 2.33. The Labute approximate surface area is 172 Å². The van der Waals surface area contributed by atoms with Gasteiger partial charge in [0.2, 0.25) is 5.91 Å². The molecule has 0 bridgehead atoms. The highest BCUT2D eigenvalue weighted by molar-refractivity contribution is 7.99. The first-order valence-corrected chi connectivity index (χ1v) is 11.5. The van der Waals surface area contributed by atoms with E-state index in [1.165, 1.54) is 28.6 Å². The second kappa shape index (κ2) is 8.09. The molecule has 3 aromatic rings. The van der Waals surface area contributed by atoms with Gasteiger partial charge in [0.1, 0.15) is 10.7 Å². The zero-order valence-corrected chi connectivity index (χ0v) is 17.7. The van der Waals surface area contributed by atoms with Gasteiger partial charge in [0.15, 0.2) is 0 Å². The van der Waals surface area contributed by atoms with Crippen molar-refractivity contribution in [1.82, 2.24) is 9.97 Å². The lowest BCUT2D eigenvalue weighted by molar-refractivity contribution is -0.113. The van der Waals surface area contributed by atoms with Gasteiger partial charge in [-0.3, -0.25) is 9.59 Å². The smallest absolute Gasteiger partial charge is 0.259 e. The van der Waals surface area contributed by atoms with Gasteiger partial charge in [0.25, 0.3) is 5.56 Å². The highest BCUT2D eigenvalue weighted by Gasteiger charge is 2.19. The molecule has 0 fully saturated rings. The summed E-state index contributed by atoms with van der Waals surface area (Å²) in [6.45, 7) is 3.98. The molecule has 1 aliphatic carbocycles. The normalized spacial score (nSPS) is 13.5. The minimum Gasteiger partial charge on any atom is -0.325 e. The van der Waals surface area contributed by atoms with E-state index in [1.54, 1.807) is 11.3 Å². The van der Waals surface area contributed by atoms with Crippen LogP contribution in [0.5, 0.6) is 0 Å². The minimum absolute atomic E-state index is 0.0418. The first kappa shape index (κ1) is 19.2. The van der Waals surface area contributed by atoms with E-state index in [9.17, 15) is 9.59 Å². The molecule has 0 unspecified atom stereocenters. The molecule has 2 heterocycles. The monoisotopic (exact) mass is 413 g/mol. The van der Waals surface area contributed by atoms with Crippen LogP contribution in [0.2, 0.25) is 0 Å². The minimum atomic E-state index is -0.0475. The first-order chi connectivity index (χ1) is 13.5. The maximum absolute atomic E-state index is 12.6. The maximum atomic E-state index is 12.6. The largest absolute Gasteiger partial charge is 0.325 e. The van der Waals surface area contributed by atoms with Crippen molar-refractivity contribution in [3.05, 3.63) is 55.9 Å². The molecule has 28 heavy (non-hydrogen) atoms. The Morgan fingerprint density at radius 2 is 2.11 bits per heavy atom. The number of thioether (sulfide) groups is 1. The zero-order valence-electron chi connectivity index (χ0n) is 16.1. The Hall–Kier alpha value is -2.12. The maximum Gasteiger partial charge on any atom is 0.259 e. The molecule has 1 aromatic carbocycles. The first-order valence-electron chi connectivity index (χ1n) is 9.49. The summed E-state index contributed by atoms with van der Waals surface area (Å²) >= 11 is 3.11. The molecule has 0 atom stereocenters. The summed E-state index contributed by atoms with van der Waals surface area (Å²) in [4.78, 5) is 34.5. The number of aromatic nitrogens is 2. The van der Waals surface area contributed by atoms with Crippen LogP contribution in [-0.2, 0) is 23.4 Å². The zero-order chi connectivity index (χ0) is 19.7. The molecule has 2 N–H and O–H groups in total. The fourth-order valence-electron chi connectivity index (χ4n) is 3.57. The predicted molar refractivity (Wildman–Crippen MR) is 118 cm³/mol. The number of nitrogens with zero attached hydrogens (tertiary/aromatic N) is 1. The molecule has 146 valence electrons. The van der Waals surface area contributed by atoms with Gasteiger partial charge >= 0.3 is 0 Å². The van der Waals surface area contributed by atoms with Crippen LogP contribution >= 0.6 is 23.1 Å². The Morgan fingerprint density at radius 1 is 1.29 bits per heavy atom. The number of amides is 1. The molecule has 4 rings (SSSR count). The molecule has 0 radical (unpaired) electrons. The van der Waals surface area contributed by atoms with Crippen molar-refractivity contribution in [2.75, 3.05) is 11.1 Å². The summed E-state index contributed by atoms with van der Waals surface area (Å²) < 4.78 is 0. The Morgan fingerprint density at radius 3 is 2.96 bits per heavy atom. The van der Waals surface area contributed by atoms with Crippen LogP contribution in [0.1, 0.15) is 40.2 Å². The summed E-state index contributed by atoms with van der Waals surface area (Å²) in [6.07, 6.45) is 4.37. The van der Waals surface area contributed by atoms with E-state index >= 15 is 0 Å². The van der Waals surface area contributed by atoms with Crippen LogP contribution in [0.4, 0.5) is 5.69 Å². The van der Waals surface area contributed by atoms with Gasteiger partial charge in [-0.25, -0.2) is 4.98 Å². The third-order valence-electron chi connectivity index (χ3n) is 5.01. The number of anilines is 1. The van der Waals surface area contributed by atoms with E-state index in [0.717, 1.165) is 46.3 Å². The quantitative estimate of drug-likeness (QED) is 0.652. The molecular weight excluding hydrogens is 390 g/mol. The molecule has 0 saturated heterocycles. The average Bonchev–Trinajstić information content (AvgIpc) is 3.03. The number of aryl methyl sites for hydroxylation is 4. The number of hydrogen-bond acceptors (Lipinski definition) is 5. The van der Waals surface area contributed by atoms with Crippen LogP contribution < -0.4 is 10.9 Å². The second-order valence-corrected chi connectivity index (χ2v) is 9.33. The van der Waals surface area contributed by atoms with E-state index in [0.29, 0.717) is 17.3 Å². The van der Waals surface area contributed by atoms with Crippen molar-refractivity contribution in [3.63, 3.8) is 0 Å². The van der Waals surface area contributed by atoms with Crippen molar-refractivity contribution >= 4 is 44.9 Å². The molecule has 0 spiro atoms. The molecule has 5 nitrogen and oxygen atoms in total. The van der Waals surface area contributed by atoms with Crippen LogP contribution in [0, 0.1) is 13.8 Å². The molecule has 7 heteroatoms. The lowest BCUT2D eigenvalue weighted by Gasteiger charge is -2.09. The molecular formula is C21H23N3O2S2. The van der Waals surface area contributed by atoms with Crippen molar-refractivity contribution in [1.29, 1.82) is 0 Å². The standard InChI is InChI=1S/C21H23N3O2S2/c1-12-7-8-13(2)15(9-12)22-18(25)11-27-10-17-23-20(26)19-14-5-3-4-6-16(14)28-21(19)24-17/h7-9H,3-6,10-11H2,1-2H3,(H,22,25)(H,23,24,26). The number of hydrogen-bond donors (Lipinski definition) is 2. The van der Waals surface area contributed by atoms with Gasteiger partial charge in [0, 0.05) is 10.6 Å². The third kappa shape index (κ3) is 4.00. The van der Waals surface area contributed by atoms with Crippen LogP contribution in [0.25, 0.3) is 10.2 Å². The fourth-order valence-corrected chi connectivity index (χ4v) is 5.54. The highest BCUT2D eigenvalue weighted by atomic mass is 32.2. The van der Waals surface area contributed by atoms with E-state index < -0.39 is 0 Å². The van der Waals surface area contributed by atoms with E-state index in [-0.39, 0.29) is 11.5 Å². The molecule has 1 aliphatic rings. The summed E-state index contributed by atoms with van der Waals surface area (Å²) in [5, 5.41) is 3.74. The third-order valence-corrected chi connectivity index (χ3v) is 7.14. The van der Waals surface area contributed by atoms with Crippen LogP contribution in [0.3, 0.4) is 0 Å². The molecule has 2 aromatic heterocycles. The van der Waals surface area contributed by atoms with Crippen molar-refractivity contribution in [2.45, 2.75) is 45.3 Å². The fraction of sp³-hybridized carbons (Fsp3) is 0.381. The second-order valence-electron chi connectivity index (χ2n) is 7.26. The summed E-state index contributed by atoms with van der Waals surface area (Å²) in [7, 11) is 0. The average molecular weight is 414 g/mol.